The van der Waals surface area contributed by atoms with Gasteiger partial charge >= 0.3 is 0 Å². The van der Waals surface area contributed by atoms with Gasteiger partial charge in [-0.05, 0) is 33.9 Å². The Morgan fingerprint density at radius 3 is 2.73 bits per heavy atom. The average Bonchev–Trinajstić information content (AvgIpc) is 2.68. The molecule has 0 bridgehead atoms. The maximum Gasteiger partial charge on any atom is 0.148 e. The molecule has 0 radical (unpaired) electrons. The second-order valence-corrected chi connectivity index (χ2v) is 4.98. The lowest BCUT2D eigenvalue weighted by Gasteiger charge is -2.18. The summed E-state index contributed by atoms with van der Waals surface area (Å²) >= 11 is 1.64. The third-order valence-corrected chi connectivity index (χ3v) is 3.60. The molecular formula is C10H19N3OS. The molecule has 5 heteroatoms. The van der Waals surface area contributed by atoms with E-state index < -0.39 is 0 Å². The molecule has 0 spiro atoms. The Bertz CT molecular complexity index is 299. The molecule has 15 heavy (non-hydrogen) atoms. The summed E-state index contributed by atoms with van der Waals surface area (Å²) in [6, 6.07) is 0. The summed E-state index contributed by atoms with van der Waals surface area (Å²) in [5.41, 5.74) is -0.321. The van der Waals surface area contributed by atoms with E-state index in [1.165, 1.54) is 0 Å². The fourth-order valence-corrected chi connectivity index (χ4v) is 2.06. The van der Waals surface area contributed by atoms with Gasteiger partial charge in [0, 0.05) is 13.5 Å². The topological polar surface area (TPSA) is 47.0 Å². The van der Waals surface area contributed by atoms with Crippen LogP contribution < -0.4 is 5.32 Å². The molecule has 0 atom stereocenters. The lowest BCUT2D eigenvalue weighted by Crippen LogP contribution is -2.18. The molecule has 86 valence electrons. The van der Waals surface area contributed by atoms with Crippen molar-refractivity contribution in [1.82, 2.24) is 15.5 Å². The molecule has 4 nitrogen and oxygen atoms in total. The second kappa shape index (κ2) is 5.53. The highest BCUT2D eigenvalue weighted by Crippen LogP contribution is 2.26. The van der Waals surface area contributed by atoms with Crippen molar-refractivity contribution >= 4 is 11.3 Å². The highest BCUT2D eigenvalue weighted by atomic mass is 32.1. The molecular weight excluding hydrogens is 210 g/mol. The molecule has 0 aliphatic heterocycles. The quantitative estimate of drug-likeness (QED) is 0.752. The molecule has 0 saturated carbocycles. The Kier molecular flexibility index (Phi) is 4.63. The molecule has 0 saturated heterocycles. The maximum absolute atomic E-state index is 5.36. The van der Waals surface area contributed by atoms with Crippen molar-refractivity contribution in [2.75, 3.05) is 20.7 Å². The van der Waals surface area contributed by atoms with Crippen LogP contribution in [0.1, 0.15) is 30.3 Å². The van der Waals surface area contributed by atoms with Crippen LogP contribution in [0, 0.1) is 0 Å². The standard InChI is InChI=1S/C10H19N3OS/c1-10(2,14-4)9-13-12-8(15-9)6-5-7-11-3/h11H,5-7H2,1-4H3. The van der Waals surface area contributed by atoms with Crippen molar-refractivity contribution in [2.24, 2.45) is 0 Å². The van der Waals surface area contributed by atoms with E-state index in [2.05, 4.69) is 15.5 Å². The monoisotopic (exact) mass is 229 g/mol. The molecule has 1 aromatic rings. The van der Waals surface area contributed by atoms with Crippen molar-refractivity contribution in [3.05, 3.63) is 10.0 Å². The van der Waals surface area contributed by atoms with Gasteiger partial charge in [-0.15, -0.1) is 10.2 Å². The third-order valence-electron chi connectivity index (χ3n) is 2.31. The van der Waals surface area contributed by atoms with E-state index in [0.29, 0.717) is 0 Å². The molecule has 0 amide bonds. The fraction of sp³-hybridized carbons (Fsp3) is 0.800. The summed E-state index contributed by atoms with van der Waals surface area (Å²) in [6.07, 6.45) is 2.08. The number of ether oxygens (including phenoxy) is 1. The Balaban J connectivity index is 2.56. The Labute approximate surface area is 95.1 Å². The van der Waals surface area contributed by atoms with Gasteiger partial charge in [-0.3, -0.25) is 0 Å². The van der Waals surface area contributed by atoms with Crippen LogP contribution in [0.25, 0.3) is 0 Å². The zero-order chi connectivity index (χ0) is 11.3. The van der Waals surface area contributed by atoms with Gasteiger partial charge < -0.3 is 10.1 Å². The third kappa shape index (κ3) is 3.52. The molecule has 1 aromatic heterocycles. The van der Waals surface area contributed by atoms with Gasteiger partial charge in [-0.2, -0.15) is 0 Å². The number of nitrogens with zero attached hydrogens (tertiary/aromatic N) is 2. The molecule has 0 aromatic carbocycles. The first-order valence-electron chi connectivity index (χ1n) is 5.12. The smallest absolute Gasteiger partial charge is 0.148 e. The highest BCUT2D eigenvalue weighted by Gasteiger charge is 2.24. The largest absolute Gasteiger partial charge is 0.372 e. The fourth-order valence-electron chi connectivity index (χ4n) is 1.10. The van der Waals surface area contributed by atoms with Crippen LogP contribution in [-0.2, 0) is 16.8 Å². The first-order valence-corrected chi connectivity index (χ1v) is 5.94. The minimum Gasteiger partial charge on any atom is -0.372 e. The van der Waals surface area contributed by atoms with Crippen LogP contribution in [0.5, 0.6) is 0 Å². The van der Waals surface area contributed by atoms with Crippen molar-refractivity contribution < 1.29 is 4.74 Å². The Hall–Kier alpha value is -0.520. The van der Waals surface area contributed by atoms with E-state index in [4.69, 9.17) is 4.74 Å². The molecule has 0 aliphatic carbocycles. The molecule has 0 aliphatic rings. The molecule has 1 heterocycles. The van der Waals surface area contributed by atoms with Crippen LogP contribution in [0.2, 0.25) is 0 Å². The van der Waals surface area contributed by atoms with E-state index in [0.717, 1.165) is 29.4 Å². The Morgan fingerprint density at radius 2 is 2.13 bits per heavy atom. The van der Waals surface area contributed by atoms with Gasteiger partial charge in [0.05, 0.1) is 0 Å². The number of methoxy groups -OCH3 is 1. The molecule has 1 rings (SSSR count). The second-order valence-electron chi connectivity index (χ2n) is 3.92. The number of nitrogens with one attached hydrogen (secondary N) is 1. The van der Waals surface area contributed by atoms with Gasteiger partial charge in [0.25, 0.3) is 0 Å². The molecule has 0 fully saturated rings. The first kappa shape index (κ1) is 12.5. The highest BCUT2D eigenvalue weighted by molar-refractivity contribution is 7.11. The summed E-state index contributed by atoms with van der Waals surface area (Å²) < 4.78 is 5.36. The van der Waals surface area contributed by atoms with E-state index in [1.807, 2.05) is 20.9 Å². The van der Waals surface area contributed by atoms with Crippen LogP contribution >= 0.6 is 11.3 Å². The lowest BCUT2D eigenvalue weighted by molar-refractivity contribution is 0.0185. The molecule has 1 N–H and O–H groups in total. The predicted octanol–water partition coefficient (Wildman–Crippen LogP) is 1.57. The van der Waals surface area contributed by atoms with E-state index >= 15 is 0 Å². The Morgan fingerprint density at radius 1 is 1.40 bits per heavy atom. The summed E-state index contributed by atoms with van der Waals surface area (Å²) in [5, 5.41) is 13.5. The van der Waals surface area contributed by atoms with Crippen molar-refractivity contribution in [1.29, 1.82) is 0 Å². The van der Waals surface area contributed by atoms with Crippen LogP contribution in [0.3, 0.4) is 0 Å². The zero-order valence-electron chi connectivity index (χ0n) is 9.83. The summed E-state index contributed by atoms with van der Waals surface area (Å²) in [5.74, 6) is 0. The summed E-state index contributed by atoms with van der Waals surface area (Å²) in [4.78, 5) is 0. The number of rotatable bonds is 6. The van der Waals surface area contributed by atoms with Crippen LogP contribution in [-0.4, -0.2) is 30.9 Å². The van der Waals surface area contributed by atoms with E-state index in [9.17, 15) is 0 Å². The number of aryl methyl sites for hydroxylation is 1. The maximum atomic E-state index is 5.36. The van der Waals surface area contributed by atoms with Gasteiger partial charge in [-0.1, -0.05) is 11.3 Å². The van der Waals surface area contributed by atoms with E-state index in [-0.39, 0.29) is 5.60 Å². The number of hydrogen-bond donors (Lipinski definition) is 1. The molecule has 0 unspecified atom stereocenters. The van der Waals surface area contributed by atoms with Crippen molar-refractivity contribution in [3.63, 3.8) is 0 Å². The zero-order valence-corrected chi connectivity index (χ0v) is 10.6. The van der Waals surface area contributed by atoms with Crippen molar-refractivity contribution in [2.45, 2.75) is 32.3 Å². The number of aromatic nitrogens is 2. The van der Waals surface area contributed by atoms with Gasteiger partial charge in [0.2, 0.25) is 0 Å². The minimum absolute atomic E-state index is 0.321. The van der Waals surface area contributed by atoms with Crippen LogP contribution in [0.15, 0.2) is 0 Å². The van der Waals surface area contributed by atoms with Gasteiger partial charge in [-0.25, -0.2) is 0 Å². The van der Waals surface area contributed by atoms with Gasteiger partial charge in [0.15, 0.2) is 0 Å². The van der Waals surface area contributed by atoms with E-state index in [1.54, 1.807) is 18.4 Å². The average molecular weight is 229 g/mol. The normalized spacial score (nSPS) is 12.0. The first-order chi connectivity index (χ1) is 7.10. The lowest BCUT2D eigenvalue weighted by atomic mass is 10.1. The minimum atomic E-state index is -0.321. The SMILES string of the molecule is CNCCCc1nnc(C(C)(C)OC)s1. The van der Waals surface area contributed by atoms with Crippen molar-refractivity contribution in [3.8, 4) is 0 Å². The summed E-state index contributed by atoms with van der Waals surface area (Å²) in [7, 11) is 3.65. The number of hydrogen-bond acceptors (Lipinski definition) is 5. The van der Waals surface area contributed by atoms with Crippen LogP contribution in [0.4, 0.5) is 0 Å². The predicted molar refractivity (Wildman–Crippen MR) is 62.2 cm³/mol. The summed E-state index contributed by atoms with van der Waals surface area (Å²) in [6.45, 7) is 5.03. The van der Waals surface area contributed by atoms with Gasteiger partial charge in [0.1, 0.15) is 15.6 Å².